The minimum absolute atomic E-state index is 0.0332. The molecule has 2 aromatic carbocycles. The van der Waals surface area contributed by atoms with E-state index < -0.39 is 16.6 Å². The molecular weight excluding hydrogens is 435 g/mol. The van der Waals surface area contributed by atoms with Crippen LogP contribution in [0.3, 0.4) is 0 Å². The Labute approximate surface area is 187 Å². The predicted molar refractivity (Wildman–Crippen MR) is 116 cm³/mol. The average molecular weight is 457 g/mol. The standard InChI is InChI=1S/C21H21FN6O3S/c1-12-9-14(13-5-3-4-6-13)10-17(22)19(12)23-20(29)16-11-15(28(30)31)7-8-18(16)32-21-24-25-26-27(21)2/h7-11,13H,3-6H2,1-2H3,(H,23,29). The lowest BCUT2D eigenvalue weighted by Crippen LogP contribution is -2.16. The van der Waals surface area contributed by atoms with Crippen LogP contribution in [0.25, 0.3) is 0 Å². The molecule has 0 spiro atoms. The summed E-state index contributed by atoms with van der Waals surface area (Å²) in [4.78, 5) is 24.2. The summed E-state index contributed by atoms with van der Waals surface area (Å²) in [5, 5.41) is 25.4. The topological polar surface area (TPSA) is 116 Å². The van der Waals surface area contributed by atoms with Gasteiger partial charge in [-0.3, -0.25) is 14.9 Å². The maximum Gasteiger partial charge on any atom is 0.270 e. The predicted octanol–water partition coefficient (Wildman–Crippen LogP) is 4.63. The quantitative estimate of drug-likeness (QED) is 0.425. The third-order valence-corrected chi connectivity index (χ3v) is 6.68. The molecule has 0 radical (unpaired) electrons. The first kappa shape index (κ1) is 21.9. The van der Waals surface area contributed by atoms with E-state index in [1.54, 1.807) is 14.0 Å². The fraction of sp³-hybridized carbons (Fsp3) is 0.333. The first-order valence-electron chi connectivity index (χ1n) is 10.1. The van der Waals surface area contributed by atoms with Crippen molar-refractivity contribution in [2.24, 2.45) is 7.05 Å². The molecule has 1 aliphatic carbocycles. The second-order valence-corrected chi connectivity index (χ2v) is 8.76. The van der Waals surface area contributed by atoms with E-state index in [1.165, 1.54) is 28.9 Å². The fourth-order valence-corrected chi connectivity index (χ4v) is 4.75. The lowest BCUT2D eigenvalue weighted by Gasteiger charge is -2.16. The van der Waals surface area contributed by atoms with Crippen LogP contribution in [0, 0.1) is 22.9 Å². The number of amides is 1. The van der Waals surface area contributed by atoms with Gasteiger partial charge >= 0.3 is 0 Å². The number of carbonyl (C=O) groups excluding carboxylic acids is 1. The number of anilines is 1. The highest BCUT2D eigenvalue weighted by Gasteiger charge is 2.23. The van der Waals surface area contributed by atoms with Gasteiger partial charge in [-0.1, -0.05) is 18.9 Å². The molecule has 1 aromatic heterocycles. The number of non-ortho nitro benzene ring substituents is 1. The van der Waals surface area contributed by atoms with Crippen molar-refractivity contribution in [2.75, 3.05) is 5.32 Å². The smallest absolute Gasteiger partial charge is 0.270 e. The highest BCUT2D eigenvalue weighted by atomic mass is 32.2. The number of halogens is 1. The Kier molecular flexibility index (Phi) is 6.17. The highest BCUT2D eigenvalue weighted by Crippen LogP contribution is 2.37. The summed E-state index contributed by atoms with van der Waals surface area (Å²) < 4.78 is 16.4. The van der Waals surface area contributed by atoms with E-state index in [4.69, 9.17) is 0 Å². The van der Waals surface area contributed by atoms with Gasteiger partial charge in [-0.05, 0) is 71.1 Å². The number of nitro benzene ring substituents is 1. The molecule has 1 saturated carbocycles. The molecule has 166 valence electrons. The molecular formula is C21H21FN6O3S. The van der Waals surface area contributed by atoms with Crippen molar-refractivity contribution >= 4 is 29.0 Å². The Morgan fingerprint density at radius 3 is 2.66 bits per heavy atom. The molecule has 0 bridgehead atoms. The van der Waals surface area contributed by atoms with E-state index in [2.05, 4.69) is 20.8 Å². The van der Waals surface area contributed by atoms with Crippen molar-refractivity contribution in [2.45, 2.75) is 48.6 Å². The van der Waals surface area contributed by atoms with Gasteiger partial charge in [0.15, 0.2) is 0 Å². The monoisotopic (exact) mass is 456 g/mol. The van der Waals surface area contributed by atoms with Gasteiger partial charge in [-0.15, -0.1) is 5.10 Å². The average Bonchev–Trinajstić information content (AvgIpc) is 3.43. The number of nitrogens with zero attached hydrogens (tertiary/aromatic N) is 5. The number of hydrogen-bond donors (Lipinski definition) is 1. The summed E-state index contributed by atoms with van der Waals surface area (Å²) in [7, 11) is 1.64. The summed E-state index contributed by atoms with van der Waals surface area (Å²) in [6, 6.07) is 7.31. The maximum atomic E-state index is 14.9. The molecule has 0 unspecified atom stereocenters. The summed E-state index contributed by atoms with van der Waals surface area (Å²) >= 11 is 1.08. The number of carbonyl (C=O) groups is 1. The summed E-state index contributed by atoms with van der Waals surface area (Å²) in [6.07, 6.45) is 4.35. The van der Waals surface area contributed by atoms with Gasteiger partial charge in [0.1, 0.15) is 5.82 Å². The van der Waals surface area contributed by atoms with Crippen molar-refractivity contribution in [3.05, 3.63) is 63.0 Å². The van der Waals surface area contributed by atoms with Crippen LogP contribution < -0.4 is 5.32 Å². The highest BCUT2D eigenvalue weighted by molar-refractivity contribution is 7.99. The van der Waals surface area contributed by atoms with Crippen LogP contribution in [0.4, 0.5) is 15.8 Å². The normalized spacial score (nSPS) is 14.0. The zero-order valence-electron chi connectivity index (χ0n) is 17.5. The number of benzene rings is 2. The van der Waals surface area contributed by atoms with E-state index in [0.29, 0.717) is 21.5 Å². The third kappa shape index (κ3) is 4.47. The molecule has 11 heteroatoms. The van der Waals surface area contributed by atoms with Crippen LogP contribution in [0.1, 0.15) is 53.1 Å². The minimum atomic E-state index is -0.651. The van der Waals surface area contributed by atoms with Gasteiger partial charge in [-0.25, -0.2) is 9.07 Å². The Bertz CT molecular complexity index is 1170. The number of aromatic nitrogens is 4. The summed E-state index contributed by atoms with van der Waals surface area (Å²) in [6.45, 7) is 1.74. The number of hydrogen-bond acceptors (Lipinski definition) is 7. The molecule has 0 saturated heterocycles. The molecule has 32 heavy (non-hydrogen) atoms. The first-order chi connectivity index (χ1) is 15.3. The SMILES string of the molecule is Cc1cc(C2CCCC2)cc(F)c1NC(=O)c1cc([N+](=O)[O-])ccc1Sc1nnnn1C. The van der Waals surface area contributed by atoms with E-state index >= 15 is 0 Å². The zero-order chi connectivity index (χ0) is 22.8. The van der Waals surface area contributed by atoms with Gasteiger partial charge in [0.25, 0.3) is 11.6 Å². The zero-order valence-corrected chi connectivity index (χ0v) is 18.4. The van der Waals surface area contributed by atoms with Crippen LogP contribution in [0.2, 0.25) is 0 Å². The number of nitro groups is 1. The number of tetrazole rings is 1. The Hall–Kier alpha value is -3.34. The molecule has 1 heterocycles. The molecule has 3 aromatic rings. The molecule has 1 amide bonds. The van der Waals surface area contributed by atoms with E-state index in [-0.39, 0.29) is 16.9 Å². The third-order valence-electron chi connectivity index (χ3n) is 5.58. The molecule has 0 aliphatic heterocycles. The van der Waals surface area contributed by atoms with Crippen LogP contribution in [-0.4, -0.2) is 31.0 Å². The van der Waals surface area contributed by atoms with E-state index in [0.717, 1.165) is 43.0 Å². The van der Waals surface area contributed by atoms with Gasteiger partial charge in [-0.2, -0.15) is 0 Å². The molecule has 0 atom stereocenters. The Morgan fingerprint density at radius 1 is 1.28 bits per heavy atom. The van der Waals surface area contributed by atoms with Crippen molar-refractivity contribution in [1.82, 2.24) is 20.2 Å². The van der Waals surface area contributed by atoms with Crippen LogP contribution >= 0.6 is 11.8 Å². The second kappa shape index (κ2) is 9.03. The van der Waals surface area contributed by atoms with Gasteiger partial charge < -0.3 is 5.32 Å². The van der Waals surface area contributed by atoms with Crippen LogP contribution in [0.15, 0.2) is 40.4 Å². The molecule has 1 N–H and O–H groups in total. The Morgan fingerprint density at radius 2 is 2.03 bits per heavy atom. The minimum Gasteiger partial charge on any atom is -0.319 e. The number of rotatable bonds is 6. The van der Waals surface area contributed by atoms with Gasteiger partial charge in [0.05, 0.1) is 16.2 Å². The molecule has 1 aliphatic rings. The summed E-state index contributed by atoms with van der Waals surface area (Å²) in [5.74, 6) is -0.827. The lowest BCUT2D eigenvalue weighted by atomic mass is 9.95. The van der Waals surface area contributed by atoms with Crippen molar-refractivity contribution < 1.29 is 14.1 Å². The van der Waals surface area contributed by atoms with Crippen molar-refractivity contribution in [3.8, 4) is 0 Å². The van der Waals surface area contributed by atoms with Gasteiger partial charge in [0, 0.05) is 24.1 Å². The second-order valence-electron chi connectivity index (χ2n) is 7.75. The molecule has 4 rings (SSSR count). The van der Waals surface area contributed by atoms with Crippen molar-refractivity contribution in [3.63, 3.8) is 0 Å². The number of nitrogens with one attached hydrogen (secondary N) is 1. The van der Waals surface area contributed by atoms with Crippen molar-refractivity contribution in [1.29, 1.82) is 0 Å². The molecule has 9 nitrogen and oxygen atoms in total. The summed E-state index contributed by atoms with van der Waals surface area (Å²) in [5.41, 5.74) is 1.41. The van der Waals surface area contributed by atoms with E-state index in [1.807, 2.05) is 6.07 Å². The van der Waals surface area contributed by atoms with Gasteiger partial charge in [0.2, 0.25) is 5.16 Å². The van der Waals surface area contributed by atoms with Crippen LogP contribution in [0.5, 0.6) is 0 Å². The van der Waals surface area contributed by atoms with Crippen LogP contribution in [-0.2, 0) is 7.05 Å². The maximum absolute atomic E-state index is 14.9. The number of aryl methyl sites for hydroxylation is 2. The lowest BCUT2D eigenvalue weighted by molar-refractivity contribution is -0.384. The fourth-order valence-electron chi connectivity index (χ4n) is 3.91. The largest absolute Gasteiger partial charge is 0.319 e. The Balaban J connectivity index is 1.65. The molecule has 1 fully saturated rings. The van der Waals surface area contributed by atoms with E-state index in [9.17, 15) is 19.3 Å². The first-order valence-corrected chi connectivity index (χ1v) is 10.9.